The topological polar surface area (TPSA) is 63.6 Å². The van der Waals surface area contributed by atoms with Crippen LogP contribution in [0.3, 0.4) is 0 Å². The summed E-state index contributed by atoms with van der Waals surface area (Å²) in [6.45, 7) is 3.10. The van der Waals surface area contributed by atoms with Crippen LogP contribution in [-0.2, 0) is 20.5 Å². The third-order valence-electron chi connectivity index (χ3n) is 2.02. The summed E-state index contributed by atoms with van der Waals surface area (Å²) in [5, 5.41) is 0. The van der Waals surface area contributed by atoms with Crippen molar-refractivity contribution in [1.29, 1.82) is 0 Å². The number of carbonyl (C=O) groups excluding carboxylic acids is 1. The zero-order valence-electron chi connectivity index (χ0n) is 9.29. The first kappa shape index (κ1) is 13.1. The summed E-state index contributed by atoms with van der Waals surface area (Å²) in [6.07, 6.45) is 0. The largest absolute Gasteiger partial charge is 0.394 e. The van der Waals surface area contributed by atoms with Crippen LogP contribution in [0, 0.1) is 5.92 Å². The fraction of sp³-hybridized carbons (Fsp3) is 0.364. The SMILES string of the molecule is CC(C)C(=O)P(=O)(O)OCc1ccccc1. The molecule has 5 heteroatoms. The highest BCUT2D eigenvalue weighted by molar-refractivity contribution is 7.71. The third-order valence-corrected chi connectivity index (χ3v) is 3.57. The van der Waals surface area contributed by atoms with Crippen molar-refractivity contribution in [2.24, 2.45) is 5.92 Å². The summed E-state index contributed by atoms with van der Waals surface area (Å²) in [7, 11) is -4.14. The number of carbonyl (C=O) groups is 1. The van der Waals surface area contributed by atoms with Gasteiger partial charge in [-0.1, -0.05) is 44.2 Å². The lowest BCUT2D eigenvalue weighted by molar-refractivity contribution is -0.116. The molecule has 1 atom stereocenters. The molecule has 1 N–H and O–H groups in total. The van der Waals surface area contributed by atoms with Gasteiger partial charge in [-0.25, -0.2) is 0 Å². The minimum Gasteiger partial charge on any atom is -0.319 e. The van der Waals surface area contributed by atoms with Crippen LogP contribution in [0.2, 0.25) is 0 Å². The van der Waals surface area contributed by atoms with E-state index < -0.39 is 19.0 Å². The van der Waals surface area contributed by atoms with E-state index >= 15 is 0 Å². The van der Waals surface area contributed by atoms with Crippen LogP contribution >= 0.6 is 7.60 Å². The van der Waals surface area contributed by atoms with Gasteiger partial charge in [0.2, 0.25) is 5.52 Å². The van der Waals surface area contributed by atoms with Crippen molar-refractivity contribution >= 4 is 13.1 Å². The molecule has 4 nitrogen and oxygen atoms in total. The molecule has 0 radical (unpaired) electrons. The Morgan fingerprint density at radius 2 is 1.94 bits per heavy atom. The van der Waals surface area contributed by atoms with Gasteiger partial charge in [0, 0.05) is 5.92 Å². The Morgan fingerprint density at radius 1 is 1.38 bits per heavy atom. The van der Waals surface area contributed by atoms with E-state index in [0.717, 1.165) is 5.56 Å². The molecule has 88 valence electrons. The normalized spacial score (nSPS) is 14.8. The Bertz CT molecular complexity index is 400. The molecule has 0 amide bonds. The fourth-order valence-electron chi connectivity index (χ4n) is 1.13. The monoisotopic (exact) mass is 242 g/mol. The first-order chi connectivity index (χ1) is 7.43. The molecule has 0 aliphatic rings. The molecular weight excluding hydrogens is 227 g/mol. The average Bonchev–Trinajstić information content (AvgIpc) is 2.27. The van der Waals surface area contributed by atoms with Crippen molar-refractivity contribution in [2.45, 2.75) is 20.5 Å². The highest BCUT2D eigenvalue weighted by Crippen LogP contribution is 2.45. The second kappa shape index (κ2) is 5.39. The number of benzene rings is 1. The first-order valence-electron chi connectivity index (χ1n) is 4.99. The van der Waals surface area contributed by atoms with Gasteiger partial charge in [0.25, 0.3) is 0 Å². The second-order valence-corrected chi connectivity index (χ2v) is 5.51. The van der Waals surface area contributed by atoms with Crippen LogP contribution in [0.5, 0.6) is 0 Å². The Hall–Kier alpha value is -0.960. The third kappa shape index (κ3) is 3.56. The molecule has 0 aliphatic carbocycles. The molecule has 0 saturated heterocycles. The summed E-state index contributed by atoms with van der Waals surface area (Å²) in [5.41, 5.74) is 0.0109. The van der Waals surface area contributed by atoms with Gasteiger partial charge in [0.15, 0.2) is 0 Å². The van der Waals surface area contributed by atoms with Crippen LogP contribution in [0.15, 0.2) is 30.3 Å². The molecule has 1 aromatic carbocycles. The van der Waals surface area contributed by atoms with Crippen molar-refractivity contribution in [1.82, 2.24) is 0 Å². The maximum absolute atomic E-state index is 11.5. The van der Waals surface area contributed by atoms with Crippen molar-refractivity contribution in [2.75, 3.05) is 0 Å². The standard InChI is InChI=1S/C11H15O4P/c1-9(2)11(12)16(13,14)15-8-10-6-4-3-5-7-10/h3-7,9H,8H2,1-2H3,(H,13,14). The van der Waals surface area contributed by atoms with Crippen LogP contribution in [0.1, 0.15) is 19.4 Å². The fourth-order valence-corrected chi connectivity index (χ4v) is 2.23. The number of hydrogen-bond donors (Lipinski definition) is 1. The van der Waals surface area contributed by atoms with Crippen LogP contribution < -0.4 is 0 Å². The predicted molar refractivity (Wildman–Crippen MR) is 60.9 cm³/mol. The van der Waals surface area contributed by atoms with E-state index in [2.05, 4.69) is 0 Å². The molecule has 0 spiro atoms. The molecule has 16 heavy (non-hydrogen) atoms. The Labute approximate surface area is 94.8 Å². The summed E-state index contributed by atoms with van der Waals surface area (Å²) in [6, 6.07) is 8.96. The summed E-state index contributed by atoms with van der Waals surface area (Å²) < 4.78 is 16.3. The Morgan fingerprint density at radius 3 is 2.44 bits per heavy atom. The average molecular weight is 242 g/mol. The van der Waals surface area contributed by atoms with Gasteiger partial charge in [-0.15, -0.1) is 0 Å². The highest BCUT2D eigenvalue weighted by Gasteiger charge is 2.32. The molecule has 0 fully saturated rings. The summed E-state index contributed by atoms with van der Waals surface area (Å²) >= 11 is 0. The van der Waals surface area contributed by atoms with Crippen molar-refractivity contribution in [3.05, 3.63) is 35.9 Å². The van der Waals surface area contributed by atoms with Crippen molar-refractivity contribution in [3.8, 4) is 0 Å². The molecular formula is C11H15O4P. The molecule has 1 rings (SSSR count). The lowest BCUT2D eigenvalue weighted by Gasteiger charge is -2.12. The van der Waals surface area contributed by atoms with Crippen LogP contribution in [0.4, 0.5) is 0 Å². The zero-order chi connectivity index (χ0) is 12.2. The number of rotatable bonds is 5. The maximum Gasteiger partial charge on any atom is 0.394 e. The van der Waals surface area contributed by atoms with Crippen LogP contribution in [0.25, 0.3) is 0 Å². The van der Waals surface area contributed by atoms with E-state index in [0.29, 0.717) is 0 Å². The molecule has 0 aliphatic heterocycles. The molecule has 0 saturated carbocycles. The zero-order valence-corrected chi connectivity index (χ0v) is 10.2. The minimum absolute atomic E-state index is 0.0346. The quantitative estimate of drug-likeness (QED) is 0.806. The lowest BCUT2D eigenvalue weighted by Crippen LogP contribution is -2.09. The van der Waals surface area contributed by atoms with Crippen molar-refractivity contribution < 1.29 is 18.8 Å². The predicted octanol–water partition coefficient (Wildman–Crippen LogP) is 2.57. The van der Waals surface area contributed by atoms with Crippen molar-refractivity contribution in [3.63, 3.8) is 0 Å². The van der Waals surface area contributed by atoms with E-state index in [1.807, 2.05) is 6.07 Å². The lowest BCUT2D eigenvalue weighted by atomic mass is 10.2. The molecule has 0 bridgehead atoms. The van der Waals surface area contributed by atoms with E-state index in [9.17, 15) is 14.3 Å². The van der Waals surface area contributed by atoms with Gasteiger partial charge < -0.3 is 4.89 Å². The minimum atomic E-state index is -4.14. The van der Waals surface area contributed by atoms with Gasteiger partial charge in [-0.3, -0.25) is 13.9 Å². The second-order valence-electron chi connectivity index (χ2n) is 3.77. The summed E-state index contributed by atoms with van der Waals surface area (Å²) in [4.78, 5) is 20.7. The van der Waals surface area contributed by atoms with Gasteiger partial charge in [-0.2, -0.15) is 0 Å². The van der Waals surface area contributed by atoms with E-state index in [-0.39, 0.29) is 6.61 Å². The van der Waals surface area contributed by atoms with Gasteiger partial charge >= 0.3 is 7.60 Å². The van der Waals surface area contributed by atoms with Crippen LogP contribution in [-0.4, -0.2) is 10.4 Å². The van der Waals surface area contributed by atoms with Gasteiger partial charge in [0.05, 0.1) is 6.61 Å². The van der Waals surface area contributed by atoms with E-state index in [4.69, 9.17) is 4.52 Å². The van der Waals surface area contributed by atoms with E-state index in [1.54, 1.807) is 38.1 Å². The Kier molecular flexibility index (Phi) is 4.42. The molecule has 0 heterocycles. The van der Waals surface area contributed by atoms with E-state index in [1.165, 1.54) is 0 Å². The Balaban J connectivity index is 2.62. The summed E-state index contributed by atoms with van der Waals surface area (Å²) in [5.74, 6) is -0.508. The first-order valence-corrected chi connectivity index (χ1v) is 6.57. The molecule has 1 aromatic rings. The maximum atomic E-state index is 11.5. The van der Waals surface area contributed by atoms with Gasteiger partial charge in [0.1, 0.15) is 0 Å². The highest BCUT2D eigenvalue weighted by atomic mass is 31.2. The molecule has 0 aromatic heterocycles. The van der Waals surface area contributed by atoms with Gasteiger partial charge in [-0.05, 0) is 5.56 Å². The smallest absolute Gasteiger partial charge is 0.319 e. The number of hydrogen-bond acceptors (Lipinski definition) is 3. The molecule has 1 unspecified atom stereocenters.